The van der Waals surface area contributed by atoms with Gasteiger partial charge in [-0.1, -0.05) is 48.7 Å². The van der Waals surface area contributed by atoms with Crippen molar-refractivity contribution in [3.05, 3.63) is 47.1 Å². The number of amides is 2. The van der Waals surface area contributed by atoms with E-state index in [1.54, 1.807) is 12.1 Å². The van der Waals surface area contributed by atoms with Gasteiger partial charge in [-0.3, -0.25) is 14.9 Å². The molecule has 1 aromatic heterocycles. The monoisotopic (exact) mass is 459 g/mol. The van der Waals surface area contributed by atoms with Crippen molar-refractivity contribution in [2.75, 3.05) is 13.1 Å². The van der Waals surface area contributed by atoms with Gasteiger partial charge in [-0.05, 0) is 30.9 Å². The number of aliphatic hydroxyl groups is 1. The molecule has 2 aromatic rings. The van der Waals surface area contributed by atoms with Crippen molar-refractivity contribution in [3.63, 3.8) is 0 Å². The number of halogens is 1. The summed E-state index contributed by atoms with van der Waals surface area (Å²) in [6.07, 6.45) is 6.46. The van der Waals surface area contributed by atoms with E-state index in [2.05, 4.69) is 20.9 Å². The molecule has 1 aliphatic heterocycles. The molecule has 9 heteroatoms. The summed E-state index contributed by atoms with van der Waals surface area (Å²) in [6, 6.07) is 6.22. The number of fused-ring (bicyclic) bond motifs is 1. The van der Waals surface area contributed by atoms with Gasteiger partial charge in [0.25, 0.3) is 5.91 Å². The molecule has 1 saturated carbocycles. The van der Waals surface area contributed by atoms with E-state index in [4.69, 9.17) is 17.3 Å². The van der Waals surface area contributed by atoms with E-state index in [1.807, 2.05) is 24.3 Å². The molecule has 1 aromatic carbocycles. The fourth-order valence-corrected chi connectivity index (χ4v) is 4.37. The van der Waals surface area contributed by atoms with Crippen molar-refractivity contribution in [1.82, 2.24) is 20.9 Å². The highest BCUT2D eigenvalue weighted by Gasteiger charge is 2.32. The fraction of sp³-hybridized carbons (Fsp3) is 0.478. The minimum Gasteiger partial charge on any atom is -0.378 e. The number of carbonyl (C=O) groups excluding carboxylic acids is 2. The molecule has 4 rings (SSSR count). The molecule has 1 fully saturated rings. The Kier molecular flexibility index (Phi) is 7.15. The highest BCUT2D eigenvalue weighted by Crippen LogP contribution is 2.33. The second-order valence-electron chi connectivity index (χ2n) is 8.71. The zero-order chi connectivity index (χ0) is 22.7. The number of H-pyrrole nitrogens is 1. The number of hydrogen-bond donors (Lipinski definition) is 6. The molecule has 32 heavy (non-hydrogen) atoms. The number of rotatable bonds is 9. The molecule has 8 nitrogen and oxygen atoms in total. The van der Waals surface area contributed by atoms with Crippen LogP contribution in [0.15, 0.2) is 36.4 Å². The standard InChI is InChI=1S/C23H30ClN5O3/c24-17-5-1-3-14-11-19(28-20(14)17)23(32)29-18(9-13-6-7-13)22(31)27-16(12-25)10-15-4-2-8-26-21(15)30/h1-5,11,13,15-16,18,21,26,28,30H,6-10,12,25H2,(H,27,31)(H,29,32)/t15-,16-,18-,21+/m0/s1. The van der Waals surface area contributed by atoms with Gasteiger partial charge in [-0.25, -0.2) is 0 Å². The van der Waals surface area contributed by atoms with Crippen LogP contribution in [0.5, 0.6) is 0 Å². The number of aromatic nitrogens is 1. The normalized spacial score (nSPS) is 22.5. The van der Waals surface area contributed by atoms with Gasteiger partial charge < -0.3 is 26.5 Å². The molecule has 0 bridgehead atoms. The summed E-state index contributed by atoms with van der Waals surface area (Å²) >= 11 is 6.21. The average molecular weight is 460 g/mol. The summed E-state index contributed by atoms with van der Waals surface area (Å²) in [6.45, 7) is 0.860. The van der Waals surface area contributed by atoms with Crippen LogP contribution in [0.1, 0.15) is 36.2 Å². The van der Waals surface area contributed by atoms with Crippen LogP contribution in [0.25, 0.3) is 10.9 Å². The lowest BCUT2D eigenvalue weighted by Gasteiger charge is -2.29. The first-order valence-electron chi connectivity index (χ1n) is 11.1. The molecule has 0 saturated heterocycles. The number of hydrogen-bond acceptors (Lipinski definition) is 5. The van der Waals surface area contributed by atoms with E-state index in [-0.39, 0.29) is 30.3 Å². The summed E-state index contributed by atoms with van der Waals surface area (Å²) in [5, 5.41) is 20.3. The highest BCUT2D eigenvalue weighted by molar-refractivity contribution is 6.35. The van der Waals surface area contributed by atoms with Gasteiger partial charge in [0.05, 0.1) is 10.5 Å². The van der Waals surface area contributed by atoms with Crippen molar-refractivity contribution < 1.29 is 14.7 Å². The first kappa shape index (κ1) is 22.8. The van der Waals surface area contributed by atoms with Gasteiger partial charge in [0.1, 0.15) is 18.0 Å². The highest BCUT2D eigenvalue weighted by atomic mass is 35.5. The van der Waals surface area contributed by atoms with Crippen molar-refractivity contribution in [3.8, 4) is 0 Å². The van der Waals surface area contributed by atoms with Crippen LogP contribution < -0.4 is 21.7 Å². The number of aliphatic hydroxyl groups excluding tert-OH is 1. The lowest BCUT2D eigenvalue weighted by Crippen LogP contribution is -2.52. The maximum atomic E-state index is 13.1. The van der Waals surface area contributed by atoms with Crippen LogP contribution in [-0.2, 0) is 4.79 Å². The summed E-state index contributed by atoms with van der Waals surface area (Å²) in [4.78, 5) is 29.1. The van der Waals surface area contributed by atoms with E-state index in [0.717, 1.165) is 18.2 Å². The summed E-state index contributed by atoms with van der Waals surface area (Å²) in [5.41, 5.74) is 6.95. The maximum absolute atomic E-state index is 13.1. The molecular formula is C23H30ClN5O3. The number of nitrogens with two attached hydrogens (primary N) is 1. The molecule has 4 atom stereocenters. The predicted molar refractivity (Wildman–Crippen MR) is 124 cm³/mol. The Morgan fingerprint density at radius 1 is 1.25 bits per heavy atom. The summed E-state index contributed by atoms with van der Waals surface area (Å²) in [5.74, 6) is -0.300. The van der Waals surface area contributed by atoms with E-state index in [9.17, 15) is 14.7 Å². The first-order chi connectivity index (χ1) is 15.4. The Bertz CT molecular complexity index is 1000. The number of benzene rings is 1. The van der Waals surface area contributed by atoms with E-state index in [0.29, 0.717) is 41.5 Å². The van der Waals surface area contributed by atoms with Crippen LogP contribution >= 0.6 is 11.6 Å². The molecule has 1 aliphatic carbocycles. The van der Waals surface area contributed by atoms with Gasteiger partial charge >= 0.3 is 0 Å². The smallest absolute Gasteiger partial charge is 0.268 e. The Hall–Kier alpha value is -2.39. The third-order valence-corrected chi connectivity index (χ3v) is 6.47. The number of carbonyl (C=O) groups is 2. The van der Waals surface area contributed by atoms with Crippen molar-refractivity contribution >= 4 is 34.3 Å². The molecular weight excluding hydrogens is 430 g/mol. The van der Waals surface area contributed by atoms with E-state index >= 15 is 0 Å². The van der Waals surface area contributed by atoms with Crippen LogP contribution in [-0.4, -0.2) is 53.3 Å². The summed E-state index contributed by atoms with van der Waals surface area (Å²) in [7, 11) is 0. The van der Waals surface area contributed by atoms with Gasteiger partial charge in [0.2, 0.25) is 5.91 Å². The molecule has 2 amide bonds. The lowest BCUT2D eigenvalue weighted by atomic mass is 9.95. The number of nitrogens with one attached hydrogen (secondary N) is 4. The molecule has 0 unspecified atom stereocenters. The zero-order valence-electron chi connectivity index (χ0n) is 17.8. The van der Waals surface area contributed by atoms with Crippen molar-refractivity contribution in [2.45, 2.75) is 44.0 Å². The Balaban J connectivity index is 1.42. The molecule has 2 heterocycles. The van der Waals surface area contributed by atoms with Crippen LogP contribution in [0, 0.1) is 11.8 Å². The predicted octanol–water partition coefficient (Wildman–Crippen LogP) is 1.65. The topological polar surface area (TPSA) is 132 Å². The minimum atomic E-state index is -0.665. The fourth-order valence-electron chi connectivity index (χ4n) is 4.14. The second kappa shape index (κ2) is 10.0. The lowest BCUT2D eigenvalue weighted by molar-refractivity contribution is -0.124. The van der Waals surface area contributed by atoms with Gasteiger partial charge in [0, 0.05) is 30.4 Å². The van der Waals surface area contributed by atoms with E-state index in [1.165, 1.54) is 0 Å². The third-order valence-electron chi connectivity index (χ3n) is 6.16. The van der Waals surface area contributed by atoms with Crippen molar-refractivity contribution in [1.29, 1.82) is 0 Å². The maximum Gasteiger partial charge on any atom is 0.268 e. The van der Waals surface area contributed by atoms with Gasteiger partial charge in [-0.2, -0.15) is 0 Å². The Morgan fingerprint density at radius 2 is 2.06 bits per heavy atom. The minimum absolute atomic E-state index is 0.134. The van der Waals surface area contributed by atoms with E-state index < -0.39 is 12.3 Å². The number of para-hydroxylation sites is 1. The van der Waals surface area contributed by atoms with Gasteiger partial charge in [0.15, 0.2) is 0 Å². The number of aromatic amines is 1. The largest absolute Gasteiger partial charge is 0.378 e. The average Bonchev–Trinajstić information content (AvgIpc) is 3.48. The van der Waals surface area contributed by atoms with Crippen LogP contribution in [0.4, 0.5) is 0 Å². The Labute approximate surface area is 192 Å². The van der Waals surface area contributed by atoms with Crippen molar-refractivity contribution in [2.24, 2.45) is 17.6 Å². The molecule has 7 N–H and O–H groups in total. The zero-order valence-corrected chi connectivity index (χ0v) is 18.6. The molecule has 0 spiro atoms. The molecule has 0 radical (unpaired) electrons. The first-order valence-corrected chi connectivity index (χ1v) is 11.5. The van der Waals surface area contributed by atoms with Gasteiger partial charge in [-0.15, -0.1) is 0 Å². The molecule has 2 aliphatic rings. The quantitative estimate of drug-likeness (QED) is 0.317. The molecule has 172 valence electrons. The van der Waals surface area contributed by atoms with Crippen LogP contribution in [0.2, 0.25) is 5.02 Å². The third kappa shape index (κ3) is 5.50. The SMILES string of the molecule is NC[C@H](C[C@@H]1C=CCN[C@@H]1O)NC(=O)[C@H](CC1CC1)NC(=O)c1cc2cccc(Cl)c2[nH]1. The van der Waals surface area contributed by atoms with Crippen LogP contribution in [0.3, 0.4) is 0 Å². The second-order valence-corrected chi connectivity index (χ2v) is 9.12. The Morgan fingerprint density at radius 3 is 2.75 bits per heavy atom. The summed E-state index contributed by atoms with van der Waals surface area (Å²) < 4.78 is 0.